The van der Waals surface area contributed by atoms with Gasteiger partial charge < -0.3 is 14.6 Å². The summed E-state index contributed by atoms with van der Waals surface area (Å²) in [5.41, 5.74) is 1.57. The highest BCUT2D eigenvalue weighted by molar-refractivity contribution is 5.92. The molecule has 1 fully saturated rings. The predicted molar refractivity (Wildman–Crippen MR) is 67.6 cm³/mol. The van der Waals surface area contributed by atoms with E-state index in [0.717, 1.165) is 5.56 Å². The van der Waals surface area contributed by atoms with Crippen LogP contribution in [-0.4, -0.2) is 36.9 Å². The van der Waals surface area contributed by atoms with Gasteiger partial charge in [0.1, 0.15) is 5.75 Å². The number of cyclic esters (lactones) is 1. The van der Waals surface area contributed by atoms with Crippen LogP contribution in [0.15, 0.2) is 18.2 Å². The Bertz CT molecular complexity index is 514. The number of carboxylic acid groups (broad SMARTS) is 1. The molecule has 1 aliphatic heterocycles. The van der Waals surface area contributed by atoms with Gasteiger partial charge in [0, 0.05) is 13.0 Å². The van der Waals surface area contributed by atoms with E-state index in [-0.39, 0.29) is 13.0 Å². The molecule has 0 saturated carbocycles. The molecule has 19 heavy (non-hydrogen) atoms. The summed E-state index contributed by atoms with van der Waals surface area (Å²) in [6, 6.07) is 5.44. The summed E-state index contributed by atoms with van der Waals surface area (Å²) < 4.78 is 10.1. The maximum atomic E-state index is 11.9. The quantitative estimate of drug-likeness (QED) is 0.901. The third-order valence-electron chi connectivity index (χ3n) is 2.98. The second-order valence-electron chi connectivity index (χ2n) is 4.33. The number of rotatable bonds is 3. The van der Waals surface area contributed by atoms with E-state index in [1.54, 1.807) is 12.1 Å². The molecular weight excluding hydrogens is 250 g/mol. The lowest BCUT2D eigenvalue weighted by molar-refractivity contribution is -0.147. The Balaban J connectivity index is 2.26. The van der Waals surface area contributed by atoms with E-state index in [1.807, 2.05) is 13.0 Å². The van der Waals surface area contributed by atoms with E-state index in [9.17, 15) is 9.59 Å². The van der Waals surface area contributed by atoms with Crippen molar-refractivity contribution < 1.29 is 24.2 Å². The second kappa shape index (κ2) is 5.17. The van der Waals surface area contributed by atoms with Crippen LogP contribution in [0.3, 0.4) is 0 Å². The molecule has 1 aromatic rings. The summed E-state index contributed by atoms with van der Waals surface area (Å²) in [6.07, 6.45) is -1.49. The van der Waals surface area contributed by atoms with Crippen LogP contribution in [0.25, 0.3) is 0 Å². The van der Waals surface area contributed by atoms with Crippen LogP contribution < -0.4 is 9.64 Å². The molecule has 2 rings (SSSR count). The Morgan fingerprint density at radius 3 is 2.84 bits per heavy atom. The Morgan fingerprint density at radius 2 is 2.26 bits per heavy atom. The van der Waals surface area contributed by atoms with Gasteiger partial charge in [0.25, 0.3) is 0 Å². The fourth-order valence-electron chi connectivity index (χ4n) is 1.99. The van der Waals surface area contributed by atoms with Gasteiger partial charge >= 0.3 is 12.1 Å². The highest BCUT2D eigenvalue weighted by atomic mass is 16.6. The van der Waals surface area contributed by atoms with Crippen molar-refractivity contribution in [1.29, 1.82) is 0 Å². The largest absolute Gasteiger partial charge is 0.495 e. The molecule has 0 aliphatic carbocycles. The normalized spacial score (nSPS) is 18.9. The van der Waals surface area contributed by atoms with Gasteiger partial charge in [0.05, 0.1) is 12.8 Å². The van der Waals surface area contributed by atoms with Crippen LogP contribution in [-0.2, 0) is 9.53 Å². The summed E-state index contributed by atoms with van der Waals surface area (Å²) in [4.78, 5) is 24.1. The number of methoxy groups -OCH3 is 1. The number of carbonyl (C=O) groups excluding carboxylic acids is 1. The standard InChI is InChI=1S/C13H15NO5/c1-8-3-4-10(18-2)9(7-8)14-6-5-11(12(15)16)19-13(14)17/h3-4,7,11H,5-6H2,1-2H3,(H,15,16). The van der Waals surface area contributed by atoms with Gasteiger partial charge in [-0.05, 0) is 24.6 Å². The van der Waals surface area contributed by atoms with Crippen LogP contribution in [0.1, 0.15) is 12.0 Å². The van der Waals surface area contributed by atoms with E-state index in [2.05, 4.69) is 0 Å². The summed E-state index contributed by atoms with van der Waals surface area (Å²) in [7, 11) is 1.52. The van der Waals surface area contributed by atoms with Crippen LogP contribution in [0.5, 0.6) is 5.75 Å². The van der Waals surface area contributed by atoms with Gasteiger partial charge in [0.15, 0.2) is 0 Å². The van der Waals surface area contributed by atoms with Gasteiger partial charge in [-0.3, -0.25) is 4.90 Å². The van der Waals surface area contributed by atoms with Crippen LogP contribution in [0.4, 0.5) is 10.5 Å². The number of anilines is 1. The fourth-order valence-corrected chi connectivity index (χ4v) is 1.99. The molecule has 6 nitrogen and oxygen atoms in total. The number of ether oxygens (including phenoxy) is 2. The zero-order valence-electron chi connectivity index (χ0n) is 10.8. The molecule has 0 spiro atoms. The first-order valence-corrected chi connectivity index (χ1v) is 5.88. The van der Waals surface area contributed by atoms with E-state index in [0.29, 0.717) is 11.4 Å². The summed E-state index contributed by atoms with van der Waals surface area (Å²) >= 11 is 0. The minimum Gasteiger partial charge on any atom is -0.495 e. The molecular formula is C13H15NO5. The second-order valence-corrected chi connectivity index (χ2v) is 4.33. The number of carbonyl (C=O) groups is 2. The van der Waals surface area contributed by atoms with E-state index < -0.39 is 18.2 Å². The average molecular weight is 265 g/mol. The van der Waals surface area contributed by atoms with Crippen molar-refractivity contribution in [2.45, 2.75) is 19.4 Å². The summed E-state index contributed by atoms with van der Waals surface area (Å²) in [5, 5.41) is 8.84. The number of hydrogen-bond acceptors (Lipinski definition) is 4. The van der Waals surface area contributed by atoms with Gasteiger partial charge in [-0.15, -0.1) is 0 Å². The zero-order valence-corrected chi connectivity index (χ0v) is 10.8. The monoisotopic (exact) mass is 265 g/mol. The molecule has 1 aromatic carbocycles. The van der Waals surface area contributed by atoms with Crippen molar-refractivity contribution >= 4 is 17.7 Å². The lowest BCUT2D eigenvalue weighted by Crippen LogP contribution is -2.45. The van der Waals surface area contributed by atoms with Crippen molar-refractivity contribution in [1.82, 2.24) is 0 Å². The molecule has 1 N–H and O–H groups in total. The van der Waals surface area contributed by atoms with E-state index in [1.165, 1.54) is 12.0 Å². The molecule has 0 radical (unpaired) electrons. The Labute approximate surface area is 110 Å². The van der Waals surface area contributed by atoms with Gasteiger partial charge in [-0.25, -0.2) is 9.59 Å². The first-order valence-electron chi connectivity index (χ1n) is 5.88. The van der Waals surface area contributed by atoms with Crippen molar-refractivity contribution in [3.8, 4) is 5.75 Å². The molecule has 1 aliphatic rings. The number of amides is 1. The lowest BCUT2D eigenvalue weighted by atomic mass is 10.1. The van der Waals surface area contributed by atoms with Crippen LogP contribution in [0, 0.1) is 6.92 Å². The molecule has 1 heterocycles. The van der Waals surface area contributed by atoms with Crippen molar-refractivity contribution in [2.75, 3.05) is 18.6 Å². The fraction of sp³-hybridized carbons (Fsp3) is 0.385. The van der Waals surface area contributed by atoms with Crippen molar-refractivity contribution in [3.05, 3.63) is 23.8 Å². The highest BCUT2D eigenvalue weighted by Gasteiger charge is 2.33. The molecule has 6 heteroatoms. The smallest absolute Gasteiger partial charge is 0.415 e. The van der Waals surface area contributed by atoms with Gasteiger partial charge in [-0.1, -0.05) is 6.07 Å². The van der Waals surface area contributed by atoms with Gasteiger partial charge in [0.2, 0.25) is 6.10 Å². The topological polar surface area (TPSA) is 76.1 Å². The highest BCUT2D eigenvalue weighted by Crippen LogP contribution is 2.31. The lowest BCUT2D eigenvalue weighted by Gasteiger charge is -2.30. The number of benzene rings is 1. The maximum absolute atomic E-state index is 11.9. The van der Waals surface area contributed by atoms with E-state index in [4.69, 9.17) is 14.6 Å². The third-order valence-corrected chi connectivity index (χ3v) is 2.98. The van der Waals surface area contributed by atoms with Crippen molar-refractivity contribution in [2.24, 2.45) is 0 Å². The van der Waals surface area contributed by atoms with Gasteiger partial charge in [-0.2, -0.15) is 0 Å². The predicted octanol–water partition coefficient (Wildman–Crippen LogP) is 1.80. The molecule has 1 unspecified atom stereocenters. The van der Waals surface area contributed by atoms with E-state index >= 15 is 0 Å². The van der Waals surface area contributed by atoms with Crippen LogP contribution in [0.2, 0.25) is 0 Å². The summed E-state index contributed by atoms with van der Waals surface area (Å²) in [5.74, 6) is -0.569. The molecule has 0 aromatic heterocycles. The first-order chi connectivity index (χ1) is 9.02. The van der Waals surface area contributed by atoms with Crippen LogP contribution >= 0.6 is 0 Å². The SMILES string of the molecule is COc1ccc(C)cc1N1CCC(C(=O)O)OC1=O. The zero-order chi connectivity index (χ0) is 14.0. The Hall–Kier alpha value is -2.24. The maximum Gasteiger partial charge on any atom is 0.415 e. The molecule has 1 amide bonds. The average Bonchev–Trinajstić information content (AvgIpc) is 2.38. The Kier molecular flexibility index (Phi) is 3.59. The molecule has 102 valence electrons. The first kappa shape index (κ1) is 13.2. The number of nitrogens with zero attached hydrogens (tertiary/aromatic N) is 1. The molecule has 1 atom stereocenters. The number of hydrogen-bond donors (Lipinski definition) is 1. The minimum atomic E-state index is -1.12. The number of aliphatic carboxylic acids is 1. The summed E-state index contributed by atoms with van der Waals surface area (Å²) in [6.45, 7) is 2.19. The Morgan fingerprint density at radius 1 is 1.53 bits per heavy atom. The number of carboxylic acids is 1. The minimum absolute atomic E-state index is 0.248. The van der Waals surface area contributed by atoms with Crippen molar-refractivity contribution in [3.63, 3.8) is 0 Å². The number of aryl methyl sites for hydroxylation is 1. The third kappa shape index (κ3) is 2.62. The molecule has 0 bridgehead atoms. The molecule has 1 saturated heterocycles.